The predicted molar refractivity (Wildman–Crippen MR) is 75.9 cm³/mol. The van der Waals surface area contributed by atoms with Gasteiger partial charge in [0.15, 0.2) is 0 Å². The van der Waals surface area contributed by atoms with E-state index in [9.17, 15) is 4.79 Å². The summed E-state index contributed by atoms with van der Waals surface area (Å²) in [7, 11) is 0. The molecule has 1 aromatic rings. The minimum absolute atomic E-state index is 0.114. The Kier molecular flexibility index (Phi) is 6.62. The summed E-state index contributed by atoms with van der Waals surface area (Å²) in [5, 5.41) is 11.7. The van der Waals surface area contributed by atoms with Crippen LogP contribution in [0.25, 0.3) is 0 Å². The van der Waals surface area contributed by atoms with Crippen molar-refractivity contribution in [1.29, 1.82) is 5.26 Å². The Hall–Kier alpha value is -1.86. The van der Waals surface area contributed by atoms with Crippen LogP contribution in [0, 0.1) is 11.3 Å². The third kappa shape index (κ3) is 5.11. The third-order valence-electron chi connectivity index (χ3n) is 3.08. The molecule has 4 heteroatoms. The highest BCUT2D eigenvalue weighted by molar-refractivity contribution is 5.94. The molecule has 0 aliphatic heterocycles. The average Bonchev–Trinajstić information content (AvgIpc) is 2.47. The molecule has 0 bridgehead atoms. The van der Waals surface area contributed by atoms with E-state index in [4.69, 9.17) is 5.26 Å². The van der Waals surface area contributed by atoms with Crippen LogP contribution in [0.5, 0.6) is 0 Å². The van der Waals surface area contributed by atoms with Gasteiger partial charge in [0.05, 0.1) is 11.6 Å². The van der Waals surface area contributed by atoms with Crippen LogP contribution in [0.3, 0.4) is 0 Å². The number of hydrogen-bond donors (Lipinski definition) is 1. The fourth-order valence-electron chi connectivity index (χ4n) is 1.88. The van der Waals surface area contributed by atoms with E-state index in [0.29, 0.717) is 17.7 Å². The van der Waals surface area contributed by atoms with E-state index in [-0.39, 0.29) is 5.91 Å². The van der Waals surface area contributed by atoms with Crippen LogP contribution in [-0.2, 0) is 0 Å². The fraction of sp³-hybridized carbons (Fsp3) is 0.467. The molecule has 1 rings (SSSR count). The highest BCUT2D eigenvalue weighted by Crippen LogP contribution is 2.03. The first kappa shape index (κ1) is 15.2. The molecule has 0 fully saturated rings. The molecule has 1 N–H and O–H groups in total. The SMILES string of the molecule is CCN(CC)CCCNC(=O)c1cccc(C#N)c1. The van der Waals surface area contributed by atoms with E-state index in [0.717, 1.165) is 26.1 Å². The van der Waals surface area contributed by atoms with Gasteiger partial charge < -0.3 is 10.2 Å². The van der Waals surface area contributed by atoms with Crippen LogP contribution in [0.1, 0.15) is 36.2 Å². The van der Waals surface area contributed by atoms with Crippen LogP contribution in [0.4, 0.5) is 0 Å². The number of amides is 1. The molecule has 0 saturated carbocycles. The first-order valence-corrected chi connectivity index (χ1v) is 6.72. The number of hydrogen-bond acceptors (Lipinski definition) is 3. The maximum Gasteiger partial charge on any atom is 0.251 e. The number of nitrogens with zero attached hydrogens (tertiary/aromatic N) is 2. The summed E-state index contributed by atoms with van der Waals surface area (Å²) in [5.74, 6) is -0.114. The molecule has 0 saturated heterocycles. The van der Waals surface area contributed by atoms with E-state index in [1.807, 2.05) is 6.07 Å². The molecular weight excluding hydrogens is 238 g/mol. The normalized spacial score (nSPS) is 10.2. The summed E-state index contributed by atoms with van der Waals surface area (Å²) < 4.78 is 0. The van der Waals surface area contributed by atoms with Gasteiger partial charge in [-0.15, -0.1) is 0 Å². The van der Waals surface area contributed by atoms with Crippen molar-refractivity contribution >= 4 is 5.91 Å². The number of nitriles is 1. The Morgan fingerprint density at radius 3 is 2.74 bits per heavy atom. The molecule has 102 valence electrons. The first-order chi connectivity index (χ1) is 9.21. The van der Waals surface area contributed by atoms with Gasteiger partial charge in [-0.2, -0.15) is 5.26 Å². The highest BCUT2D eigenvalue weighted by Gasteiger charge is 2.05. The van der Waals surface area contributed by atoms with Crippen molar-refractivity contribution in [2.75, 3.05) is 26.2 Å². The van der Waals surface area contributed by atoms with Gasteiger partial charge in [-0.25, -0.2) is 0 Å². The maximum absolute atomic E-state index is 11.9. The van der Waals surface area contributed by atoms with Crippen molar-refractivity contribution in [2.24, 2.45) is 0 Å². The summed E-state index contributed by atoms with van der Waals surface area (Å²) in [4.78, 5) is 14.2. The molecule has 0 spiro atoms. The molecule has 4 nitrogen and oxygen atoms in total. The van der Waals surface area contributed by atoms with Gasteiger partial charge in [0.1, 0.15) is 0 Å². The zero-order valence-corrected chi connectivity index (χ0v) is 11.6. The maximum atomic E-state index is 11.9. The summed E-state index contributed by atoms with van der Waals surface area (Å²) >= 11 is 0. The fourth-order valence-corrected chi connectivity index (χ4v) is 1.88. The minimum atomic E-state index is -0.114. The molecule has 1 amide bonds. The molecular formula is C15H21N3O. The summed E-state index contributed by atoms with van der Waals surface area (Å²) in [6.45, 7) is 7.99. The molecule has 0 aliphatic rings. The van der Waals surface area contributed by atoms with Crippen LogP contribution in [0.15, 0.2) is 24.3 Å². The monoisotopic (exact) mass is 259 g/mol. The van der Waals surface area contributed by atoms with Gasteiger partial charge in [-0.3, -0.25) is 4.79 Å². The number of carbonyl (C=O) groups excluding carboxylic acids is 1. The van der Waals surface area contributed by atoms with Crippen LogP contribution in [0.2, 0.25) is 0 Å². The Bertz CT molecular complexity index is 447. The second kappa shape index (κ2) is 8.28. The van der Waals surface area contributed by atoms with Crippen molar-refractivity contribution in [3.8, 4) is 6.07 Å². The van der Waals surface area contributed by atoms with Crippen LogP contribution >= 0.6 is 0 Å². The van der Waals surface area contributed by atoms with Gasteiger partial charge in [0.25, 0.3) is 5.91 Å². The molecule has 0 unspecified atom stereocenters. The molecule has 0 aromatic heterocycles. The standard InChI is InChI=1S/C15H21N3O/c1-3-18(4-2)10-6-9-17-15(19)14-8-5-7-13(11-14)12-16/h5,7-8,11H,3-4,6,9-10H2,1-2H3,(H,17,19). The quantitative estimate of drug-likeness (QED) is 0.762. The second-order valence-electron chi connectivity index (χ2n) is 4.33. The van der Waals surface area contributed by atoms with E-state index >= 15 is 0 Å². The Morgan fingerprint density at radius 1 is 1.37 bits per heavy atom. The molecule has 0 aliphatic carbocycles. The second-order valence-corrected chi connectivity index (χ2v) is 4.33. The van der Waals surface area contributed by atoms with E-state index < -0.39 is 0 Å². The molecule has 19 heavy (non-hydrogen) atoms. The lowest BCUT2D eigenvalue weighted by Crippen LogP contribution is -2.29. The molecule has 0 atom stereocenters. The summed E-state index contributed by atoms with van der Waals surface area (Å²) in [6.07, 6.45) is 0.936. The average molecular weight is 259 g/mol. The molecule has 0 heterocycles. The molecule has 0 radical (unpaired) electrons. The lowest BCUT2D eigenvalue weighted by Gasteiger charge is -2.17. The number of rotatable bonds is 7. The van der Waals surface area contributed by atoms with Crippen LogP contribution in [-0.4, -0.2) is 37.0 Å². The van der Waals surface area contributed by atoms with Crippen molar-refractivity contribution in [3.05, 3.63) is 35.4 Å². The van der Waals surface area contributed by atoms with Gasteiger partial charge in [0, 0.05) is 12.1 Å². The summed E-state index contributed by atoms with van der Waals surface area (Å²) in [5.41, 5.74) is 1.05. The zero-order valence-electron chi connectivity index (χ0n) is 11.6. The van der Waals surface area contributed by atoms with E-state index in [1.165, 1.54) is 0 Å². The Morgan fingerprint density at radius 2 is 2.11 bits per heavy atom. The third-order valence-corrected chi connectivity index (χ3v) is 3.08. The highest BCUT2D eigenvalue weighted by atomic mass is 16.1. The number of nitrogens with one attached hydrogen (secondary N) is 1. The van der Waals surface area contributed by atoms with Gasteiger partial charge in [-0.1, -0.05) is 19.9 Å². The number of benzene rings is 1. The molecule has 1 aromatic carbocycles. The zero-order chi connectivity index (χ0) is 14.1. The van der Waals surface area contributed by atoms with Gasteiger partial charge in [0.2, 0.25) is 0 Å². The van der Waals surface area contributed by atoms with E-state index in [1.54, 1.807) is 24.3 Å². The van der Waals surface area contributed by atoms with Crippen molar-refractivity contribution in [1.82, 2.24) is 10.2 Å². The topological polar surface area (TPSA) is 56.1 Å². The summed E-state index contributed by atoms with van der Waals surface area (Å²) in [6, 6.07) is 8.78. The largest absolute Gasteiger partial charge is 0.352 e. The predicted octanol–water partition coefficient (Wildman–Crippen LogP) is 2.02. The lowest BCUT2D eigenvalue weighted by molar-refractivity contribution is 0.0952. The Balaban J connectivity index is 2.37. The van der Waals surface area contributed by atoms with Crippen molar-refractivity contribution in [3.63, 3.8) is 0 Å². The Labute approximate surface area is 115 Å². The van der Waals surface area contributed by atoms with Crippen molar-refractivity contribution in [2.45, 2.75) is 20.3 Å². The van der Waals surface area contributed by atoms with Gasteiger partial charge >= 0.3 is 0 Å². The minimum Gasteiger partial charge on any atom is -0.352 e. The van der Waals surface area contributed by atoms with Crippen molar-refractivity contribution < 1.29 is 4.79 Å². The van der Waals surface area contributed by atoms with E-state index in [2.05, 4.69) is 24.1 Å². The van der Waals surface area contributed by atoms with Gasteiger partial charge in [-0.05, 0) is 44.3 Å². The van der Waals surface area contributed by atoms with Crippen LogP contribution < -0.4 is 5.32 Å². The number of carbonyl (C=O) groups is 1. The lowest BCUT2D eigenvalue weighted by atomic mass is 10.1. The first-order valence-electron chi connectivity index (χ1n) is 6.72. The smallest absolute Gasteiger partial charge is 0.251 e.